The Hall–Kier alpha value is -1.36. The van der Waals surface area contributed by atoms with Crippen molar-refractivity contribution in [2.24, 2.45) is 22.4 Å². The first-order chi connectivity index (χ1) is 10.2. The number of nitrogens with zero attached hydrogens (tertiary/aromatic N) is 1. The second-order valence-corrected chi connectivity index (χ2v) is 7.68. The van der Waals surface area contributed by atoms with Crippen molar-refractivity contribution in [3.8, 4) is 0 Å². The SMILES string of the molecule is C=C1CCC(=NO)C(C)(NOC(C)=O)CCC2C1CC2(C)C. The molecule has 2 N–H and O–H groups in total. The molecule has 0 radical (unpaired) electrons. The third-order valence-corrected chi connectivity index (χ3v) is 5.58. The lowest BCUT2D eigenvalue weighted by atomic mass is 9.52. The molecule has 124 valence electrons. The van der Waals surface area contributed by atoms with Crippen molar-refractivity contribution in [3.05, 3.63) is 12.2 Å². The normalized spacial score (nSPS) is 36.5. The van der Waals surface area contributed by atoms with Gasteiger partial charge in [0, 0.05) is 6.92 Å². The van der Waals surface area contributed by atoms with Gasteiger partial charge in [0.05, 0.1) is 11.3 Å². The van der Waals surface area contributed by atoms with E-state index in [1.165, 1.54) is 18.9 Å². The number of allylic oxidation sites excluding steroid dienone is 1. The molecule has 2 rings (SSSR count). The molecule has 2 aliphatic rings. The van der Waals surface area contributed by atoms with Gasteiger partial charge in [0.2, 0.25) is 0 Å². The van der Waals surface area contributed by atoms with Gasteiger partial charge >= 0.3 is 5.97 Å². The summed E-state index contributed by atoms with van der Waals surface area (Å²) in [5, 5.41) is 12.9. The summed E-state index contributed by atoms with van der Waals surface area (Å²) in [6.45, 7) is 12.1. The number of oxime groups is 1. The van der Waals surface area contributed by atoms with Gasteiger partial charge in [-0.1, -0.05) is 31.2 Å². The molecule has 5 nitrogen and oxygen atoms in total. The maximum absolute atomic E-state index is 11.1. The summed E-state index contributed by atoms with van der Waals surface area (Å²) in [6, 6.07) is 0. The van der Waals surface area contributed by atoms with Gasteiger partial charge < -0.3 is 10.0 Å². The van der Waals surface area contributed by atoms with E-state index in [0.717, 1.165) is 19.3 Å². The van der Waals surface area contributed by atoms with E-state index in [-0.39, 0.29) is 0 Å². The van der Waals surface area contributed by atoms with Crippen molar-refractivity contribution in [2.45, 2.75) is 65.3 Å². The van der Waals surface area contributed by atoms with E-state index in [4.69, 9.17) is 4.84 Å². The first-order valence-corrected chi connectivity index (χ1v) is 8.03. The van der Waals surface area contributed by atoms with Crippen LogP contribution >= 0.6 is 0 Å². The zero-order chi connectivity index (χ0) is 16.5. The highest BCUT2D eigenvalue weighted by Crippen LogP contribution is 2.56. The molecule has 5 heteroatoms. The van der Waals surface area contributed by atoms with Crippen molar-refractivity contribution in [2.75, 3.05) is 0 Å². The predicted octanol–water partition coefficient (Wildman–Crippen LogP) is 3.44. The molecule has 3 atom stereocenters. The molecule has 0 heterocycles. The standard InChI is InChI=1S/C17H28N2O3/c1-11-6-7-15(18-21)17(5,19-22-12(2)20)9-8-14-13(11)10-16(14,3)4/h13-14,19,21H,1,6-10H2,2-5H3. The molecule has 0 aromatic carbocycles. The summed E-state index contributed by atoms with van der Waals surface area (Å²) in [5.41, 5.74) is 4.38. The van der Waals surface area contributed by atoms with Crippen molar-refractivity contribution in [1.82, 2.24) is 5.48 Å². The van der Waals surface area contributed by atoms with E-state index < -0.39 is 11.5 Å². The largest absolute Gasteiger partial charge is 0.411 e. The number of carbonyl (C=O) groups excluding carboxylic acids is 1. The van der Waals surface area contributed by atoms with E-state index in [1.54, 1.807) is 0 Å². The van der Waals surface area contributed by atoms with Gasteiger partial charge in [-0.05, 0) is 56.3 Å². The Morgan fingerprint density at radius 1 is 1.41 bits per heavy atom. The fraction of sp³-hybridized carbons (Fsp3) is 0.765. The van der Waals surface area contributed by atoms with Gasteiger partial charge in [0.1, 0.15) is 0 Å². The quantitative estimate of drug-likeness (QED) is 0.466. The molecule has 2 saturated carbocycles. The van der Waals surface area contributed by atoms with Gasteiger partial charge in [0.25, 0.3) is 0 Å². The van der Waals surface area contributed by atoms with E-state index in [1.807, 2.05) is 6.92 Å². The molecule has 0 saturated heterocycles. The molecule has 2 aliphatic carbocycles. The maximum atomic E-state index is 11.1. The van der Waals surface area contributed by atoms with Crippen LogP contribution in [0.4, 0.5) is 0 Å². The van der Waals surface area contributed by atoms with Crippen molar-refractivity contribution in [3.63, 3.8) is 0 Å². The van der Waals surface area contributed by atoms with Crippen LogP contribution in [0, 0.1) is 17.3 Å². The summed E-state index contributed by atoms with van der Waals surface area (Å²) in [7, 11) is 0. The van der Waals surface area contributed by atoms with Crippen LogP contribution in [0.25, 0.3) is 0 Å². The third kappa shape index (κ3) is 3.19. The van der Waals surface area contributed by atoms with Crippen LogP contribution in [-0.4, -0.2) is 22.4 Å². The molecule has 0 bridgehead atoms. The topological polar surface area (TPSA) is 70.9 Å². The second kappa shape index (κ2) is 6.03. The summed E-state index contributed by atoms with van der Waals surface area (Å²) in [6.07, 6.45) is 4.37. The average molecular weight is 308 g/mol. The second-order valence-electron chi connectivity index (χ2n) is 7.68. The highest BCUT2D eigenvalue weighted by Gasteiger charge is 2.49. The minimum atomic E-state index is -0.638. The van der Waals surface area contributed by atoms with E-state index in [2.05, 4.69) is 31.1 Å². The lowest BCUT2D eigenvalue weighted by Crippen LogP contribution is -2.51. The number of carbonyl (C=O) groups is 1. The highest BCUT2D eigenvalue weighted by atomic mass is 16.7. The number of hydrogen-bond donors (Lipinski definition) is 2. The zero-order valence-electron chi connectivity index (χ0n) is 14.1. The first kappa shape index (κ1) is 17.0. The Balaban J connectivity index is 2.22. The fourth-order valence-corrected chi connectivity index (χ4v) is 4.05. The van der Waals surface area contributed by atoms with E-state index >= 15 is 0 Å². The lowest BCUT2D eigenvalue weighted by Gasteiger charge is -2.53. The Kier molecular flexibility index (Phi) is 4.66. The van der Waals surface area contributed by atoms with Gasteiger partial charge in [0.15, 0.2) is 0 Å². The summed E-state index contributed by atoms with van der Waals surface area (Å²) >= 11 is 0. The molecule has 22 heavy (non-hydrogen) atoms. The van der Waals surface area contributed by atoms with E-state index in [9.17, 15) is 10.0 Å². The van der Waals surface area contributed by atoms with Crippen LogP contribution < -0.4 is 5.48 Å². The van der Waals surface area contributed by atoms with Crippen LogP contribution in [0.1, 0.15) is 59.8 Å². The number of hydrogen-bond acceptors (Lipinski definition) is 5. The van der Waals surface area contributed by atoms with Crippen molar-refractivity contribution in [1.29, 1.82) is 0 Å². The van der Waals surface area contributed by atoms with Crippen LogP contribution in [0.5, 0.6) is 0 Å². The van der Waals surface area contributed by atoms with Gasteiger partial charge in [-0.15, -0.1) is 5.48 Å². The molecule has 0 spiro atoms. The molecule has 0 aromatic rings. The third-order valence-electron chi connectivity index (χ3n) is 5.58. The van der Waals surface area contributed by atoms with E-state index in [0.29, 0.717) is 29.4 Å². The smallest absolute Gasteiger partial charge is 0.321 e. The Bertz CT molecular complexity index is 498. The molecule has 0 aromatic heterocycles. The first-order valence-electron chi connectivity index (χ1n) is 8.03. The average Bonchev–Trinajstić information content (AvgIpc) is 2.46. The Morgan fingerprint density at radius 2 is 2.09 bits per heavy atom. The number of rotatable bonds is 2. The minimum absolute atomic E-state index is 0.316. The summed E-state index contributed by atoms with van der Waals surface area (Å²) in [5.74, 6) is 0.743. The van der Waals surface area contributed by atoms with Gasteiger partial charge in [-0.2, -0.15) is 0 Å². The fourth-order valence-electron chi connectivity index (χ4n) is 4.05. The molecule has 0 aliphatic heterocycles. The summed E-state index contributed by atoms with van der Waals surface area (Å²) in [4.78, 5) is 16.1. The number of nitrogens with one attached hydrogen (secondary N) is 1. The van der Waals surface area contributed by atoms with Crippen LogP contribution in [0.2, 0.25) is 0 Å². The molecule has 2 fully saturated rings. The monoisotopic (exact) mass is 308 g/mol. The predicted molar refractivity (Wildman–Crippen MR) is 85.5 cm³/mol. The number of fused-ring (bicyclic) bond motifs is 1. The van der Waals surface area contributed by atoms with Gasteiger partial charge in [-0.3, -0.25) is 4.79 Å². The van der Waals surface area contributed by atoms with Gasteiger partial charge in [-0.25, -0.2) is 0 Å². The van der Waals surface area contributed by atoms with Crippen LogP contribution in [0.15, 0.2) is 17.3 Å². The van der Waals surface area contributed by atoms with Crippen LogP contribution in [-0.2, 0) is 9.63 Å². The minimum Gasteiger partial charge on any atom is -0.411 e. The Morgan fingerprint density at radius 3 is 2.64 bits per heavy atom. The highest BCUT2D eigenvalue weighted by molar-refractivity contribution is 5.93. The molecular formula is C17H28N2O3. The van der Waals surface area contributed by atoms with Crippen LogP contribution in [0.3, 0.4) is 0 Å². The molecular weight excluding hydrogens is 280 g/mol. The van der Waals surface area contributed by atoms with Crippen molar-refractivity contribution < 1.29 is 14.8 Å². The zero-order valence-corrected chi connectivity index (χ0v) is 14.1. The Labute approximate surface area is 132 Å². The molecule has 0 amide bonds. The lowest BCUT2D eigenvalue weighted by molar-refractivity contribution is -0.151. The summed E-state index contributed by atoms with van der Waals surface area (Å²) < 4.78 is 0. The molecule has 3 unspecified atom stereocenters. The van der Waals surface area contributed by atoms with Crippen molar-refractivity contribution >= 4 is 11.7 Å². The number of hydroxylamine groups is 1. The maximum Gasteiger partial charge on any atom is 0.321 e.